The molecule has 0 spiro atoms. The number of carbonyl (C=O) groups excluding carboxylic acids is 1. The Bertz CT molecular complexity index is 757. The van der Waals surface area contributed by atoms with E-state index in [1.54, 1.807) is 6.08 Å². The molecule has 1 heterocycles. The summed E-state index contributed by atoms with van der Waals surface area (Å²) in [6.07, 6.45) is 7.37. The average Bonchev–Trinajstić information content (AvgIpc) is 3.20. The van der Waals surface area contributed by atoms with Crippen LogP contribution in [-0.4, -0.2) is 5.91 Å². The van der Waals surface area contributed by atoms with Crippen LogP contribution >= 0.6 is 0 Å². The highest BCUT2D eigenvalue weighted by molar-refractivity contribution is 5.80. The van der Waals surface area contributed by atoms with Gasteiger partial charge in [0.05, 0.1) is 0 Å². The minimum atomic E-state index is 0.0708. The van der Waals surface area contributed by atoms with Gasteiger partial charge in [-0.05, 0) is 67.4 Å². The van der Waals surface area contributed by atoms with Gasteiger partial charge in [-0.3, -0.25) is 4.79 Å². The van der Waals surface area contributed by atoms with Crippen LogP contribution in [0.2, 0.25) is 0 Å². The van der Waals surface area contributed by atoms with E-state index in [4.69, 9.17) is 4.74 Å². The van der Waals surface area contributed by atoms with Gasteiger partial charge in [-0.25, -0.2) is 0 Å². The van der Waals surface area contributed by atoms with E-state index < -0.39 is 0 Å². The maximum Gasteiger partial charge on any atom is 0.224 e. The molecule has 1 aromatic rings. The topological polar surface area (TPSA) is 38.3 Å². The predicted molar refractivity (Wildman–Crippen MR) is 90.0 cm³/mol. The largest absolute Gasteiger partial charge is 0.457 e. The van der Waals surface area contributed by atoms with Gasteiger partial charge in [-0.1, -0.05) is 18.7 Å². The first-order valence-electron chi connectivity index (χ1n) is 8.29. The minimum Gasteiger partial charge on any atom is -0.457 e. The molecule has 1 saturated carbocycles. The van der Waals surface area contributed by atoms with E-state index in [9.17, 15) is 4.79 Å². The van der Waals surface area contributed by atoms with Crippen molar-refractivity contribution in [2.75, 3.05) is 0 Å². The number of rotatable bonds is 4. The summed E-state index contributed by atoms with van der Waals surface area (Å²) in [6.45, 7) is 5.71. The van der Waals surface area contributed by atoms with Crippen molar-refractivity contribution in [3.05, 3.63) is 65.1 Å². The highest BCUT2D eigenvalue weighted by Gasteiger charge is 2.45. The van der Waals surface area contributed by atoms with Crippen LogP contribution in [0.5, 0.6) is 5.75 Å². The Labute approximate surface area is 136 Å². The maximum absolute atomic E-state index is 11.5. The SMILES string of the molecule is C=C/C=C(/Oc1ccc2c(c1)C1CC1C2)C1=C(C)NC(=O)CC1. The maximum atomic E-state index is 11.5. The zero-order valence-corrected chi connectivity index (χ0v) is 13.4. The molecule has 0 aromatic heterocycles. The fraction of sp³-hybridized carbons (Fsp3) is 0.350. The van der Waals surface area contributed by atoms with Gasteiger partial charge in [0.15, 0.2) is 0 Å². The molecule has 3 aliphatic rings. The Morgan fingerprint density at radius 3 is 3.04 bits per heavy atom. The lowest BCUT2D eigenvalue weighted by atomic mass is 10.0. The first-order chi connectivity index (χ1) is 11.2. The molecule has 2 aliphatic carbocycles. The molecular weight excluding hydrogens is 286 g/mol. The molecule has 23 heavy (non-hydrogen) atoms. The Kier molecular flexibility index (Phi) is 3.37. The van der Waals surface area contributed by atoms with Crippen LogP contribution < -0.4 is 10.1 Å². The summed E-state index contributed by atoms with van der Waals surface area (Å²) < 4.78 is 6.17. The van der Waals surface area contributed by atoms with E-state index in [2.05, 4.69) is 30.1 Å². The van der Waals surface area contributed by atoms with Crippen molar-refractivity contribution in [1.29, 1.82) is 0 Å². The van der Waals surface area contributed by atoms with Gasteiger partial charge in [0.1, 0.15) is 11.5 Å². The lowest BCUT2D eigenvalue weighted by Gasteiger charge is -2.21. The Balaban J connectivity index is 1.61. The predicted octanol–water partition coefficient (Wildman–Crippen LogP) is 3.98. The van der Waals surface area contributed by atoms with Crippen molar-refractivity contribution in [2.24, 2.45) is 5.92 Å². The first-order valence-corrected chi connectivity index (χ1v) is 8.29. The molecule has 118 valence electrons. The van der Waals surface area contributed by atoms with Gasteiger partial charge in [-0.2, -0.15) is 0 Å². The number of benzene rings is 1. The van der Waals surface area contributed by atoms with Gasteiger partial charge in [-0.15, -0.1) is 0 Å². The molecular formula is C20H21NO2. The molecule has 1 N–H and O–H groups in total. The quantitative estimate of drug-likeness (QED) is 0.675. The van der Waals surface area contributed by atoms with Crippen molar-refractivity contribution in [2.45, 2.75) is 38.5 Å². The average molecular weight is 307 g/mol. The molecule has 0 radical (unpaired) electrons. The molecule has 3 nitrogen and oxygen atoms in total. The summed E-state index contributed by atoms with van der Waals surface area (Å²) >= 11 is 0. The standard InChI is InChI=1S/C20H21NO2/c1-3-4-19(16-7-8-20(22)21-12(16)2)23-15-6-5-13-9-14-10-17(14)18(13)11-15/h3-6,11,14,17H,1,7-10H2,2H3,(H,21,22)/b19-4+. The van der Waals surface area contributed by atoms with Crippen LogP contribution in [-0.2, 0) is 11.2 Å². The van der Waals surface area contributed by atoms with E-state index >= 15 is 0 Å². The van der Waals surface area contributed by atoms with Crippen molar-refractivity contribution >= 4 is 5.91 Å². The number of amides is 1. The van der Waals surface area contributed by atoms with Gasteiger partial charge in [0.25, 0.3) is 0 Å². The van der Waals surface area contributed by atoms with Crippen LogP contribution in [0.4, 0.5) is 0 Å². The highest BCUT2D eigenvalue weighted by Crippen LogP contribution is 2.56. The number of allylic oxidation sites excluding steroid dienone is 4. The molecule has 2 unspecified atom stereocenters. The molecule has 1 amide bonds. The smallest absolute Gasteiger partial charge is 0.224 e. The van der Waals surface area contributed by atoms with Gasteiger partial charge in [0, 0.05) is 17.7 Å². The second-order valence-corrected chi connectivity index (χ2v) is 6.69. The highest BCUT2D eigenvalue weighted by atomic mass is 16.5. The van der Waals surface area contributed by atoms with E-state index in [1.165, 1.54) is 24.0 Å². The van der Waals surface area contributed by atoms with Crippen LogP contribution in [0.25, 0.3) is 0 Å². The van der Waals surface area contributed by atoms with Crippen LogP contribution in [0.3, 0.4) is 0 Å². The Morgan fingerprint density at radius 2 is 2.26 bits per heavy atom. The van der Waals surface area contributed by atoms with Crippen LogP contribution in [0.1, 0.15) is 43.2 Å². The summed E-state index contributed by atoms with van der Waals surface area (Å²) in [7, 11) is 0. The minimum absolute atomic E-state index is 0.0708. The molecule has 3 heteroatoms. The molecule has 1 aromatic carbocycles. The van der Waals surface area contributed by atoms with Crippen molar-refractivity contribution < 1.29 is 9.53 Å². The van der Waals surface area contributed by atoms with Crippen LogP contribution in [0, 0.1) is 5.92 Å². The third-order valence-electron chi connectivity index (χ3n) is 5.10. The summed E-state index contributed by atoms with van der Waals surface area (Å²) in [5, 5.41) is 2.89. The Morgan fingerprint density at radius 1 is 1.39 bits per heavy atom. The van der Waals surface area contributed by atoms with Gasteiger partial charge >= 0.3 is 0 Å². The molecule has 4 rings (SSSR count). The molecule has 2 atom stereocenters. The fourth-order valence-electron chi connectivity index (χ4n) is 3.82. The monoisotopic (exact) mass is 307 g/mol. The number of fused-ring (bicyclic) bond motifs is 3. The Hall–Kier alpha value is -2.29. The second-order valence-electron chi connectivity index (χ2n) is 6.69. The third-order valence-corrected chi connectivity index (χ3v) is 5.10. The number of hydrogen-bond donors (Lipinski definition) is 1. The van der Waals surface area contributed by atoms with Gasteiger partial charge in [0.2, 0.25) is 5.91 Å². The van der Waals surface area contributed by atoms with Crippen molar-refractivity contribution in [1.82, 2.24) is 5.32 Å². The molecule has 1 aliphatic heterocycles. The van der Waals surface area contributed by atoms with E-state index in [0.29, 0.717) is 12.8 Å². The summed E-state index contributed by atoms with van der Waals surface area (Å²) in [5.74, 6) is 3.36. The first kappa shape index (κ1) is 14.3. The van der Waals surface area contributed by atoms with E-state index in [-0.39, 0.29) is 5.91 Å². The molecule has 0 saturated heterocycles. The normalized spacial score (nSPS) is 25.6. The number of nitrogens with one attached hydrogen (secondary N) is 1. The van der Waals surface area contributed by atoms with Crippen LogP contribution in [0.15, 0.2) is 54.0 Å². The third kappa shape index (κ3) is 2.61. The summed E-state index contributed by atoms with van der Waals surface area (Å²) in [5.41, 5.74) is 4.87. The molecule has 0 bridgehead atoms. The second kappa shape index (κ2) is 5.41. The zero-order chi connectivity index (χ0) is 16.0. The number of ether oxygens (including phenoxy) is 1. The number of hydrogen-bond acceptors (Lipinski definition) is 2. The van der Waals surface area contributed by atoms with E-state index in [0.717, 1.165) is 34.6 Å². The zero-order valence-electron chi connectivity index (χ0n) is 13.4. The molecule has 1 fully saturated rings. The summed E-state index contributed by atoms with van der Waals surface area (Å²) in [4.78, 5) is 11.5. The van der Waals surface area contributed by atoms with Crippen molar-refractivity contribution in [3.63, 3.8) is 0 Å². The van der Waals surface area contributed by atoms with E-state index in [1.807, 2.05) is 13.0 Å². The lowest BCUT2D eigenvalue weighted by molar-refractivity contribution is -0.120. The van der Waals surface area contributed by atoms with Crippen molar-refractivity contribution in [3.8, 4) is 5.75 Å². The van der Waals surface area contributed by atoms with Gasteiger partial charge < -0.3 is 10.1 Å². The number of carbonyl (C=O) groups is 1. The fourth-order valence-corrected chi connectivity index (χ4v) is 3.82. The lowest BCUT2D eigenvalue weighted by Crippen LogP contribution is -2.27. The summed E-state index contributed by atoms with van der Waals surface area (Å²) in [6, 6.07) is 6.45.